The van der Waals surface area contributed by atoms with E-state index in [-0.39, 0.29) is 19.0 Å². The van der Waals surface area contributed by atoms with Crippen molar-refractivity contribution >= 4 is 17.7 Å². The molecule has 0 saturated heterocycles. The Bertz CT molecular complexity index is 532. The Morgan fingerprint density at radius 3 is 2.67 bits per heavy atom. The van der Waals surface area contributed by atoms with Gasteiger partial charge in [0.2, 0.25) is 0 Å². The van der Waals surface area contributed by atoms with E-state index >= 15 is 0 Å². The standard InChI is InChI=1S/C14H18N2O5/c1-2-16(6-5-13(17)18)14(19)15-10-3-4-11-12(9-10)21-8-7-20-11/h3-4,9H,2,5-8H2,1H3,(H,15,19)(H,17,18). The number of urea groups is 1. The van der Waals surface area contributed by atoms with E-state index in [0.29, 0.717) is 36.9 Å². The van der Waals surface area contributed by atoms with Crippen LogP contribution in [0.4, 0.5) is 10.5 Å². The van der Waals surface area contributed by atoms with Crippen LogP contribution in [0.3, 0.4) is 0 Å². The fourth-order valence-corrected chi connectivity index (χ4v) is 1.96. The maximum Gasteiger partial charge on any atom is 0.321 e. The first-order chi connectivity index (χ1) is 10.1. The van der Waals surface area contributed by atoms with E-state index in [2.05, 4.69) is 5.32 Å². The summed E-state index contributed by atoms with van der Waals surface area (Å²) in [6.45, 7) is 3.39. The number of anilines is 1. The van der Waals surface area contributed by atoms with Crippen LogP contribution in [0.5, 0.6) is 11.5 Å². The molecule has 0 unspecified atom stereocenters. The fraction of sp³-hybridized carbons (Fsp3) is 0.429. The second-order valence-corrected chi connectivity index (χ2v) is 4.51. The van der Waals surface area contributed by atoms with E-state index < -0.39 is 5.97 Å². The van der Waals surface area contributed by atoms with Gasteiger partial charge in [-0.2, -0.15) is 0 Å². The van der Waals surface area contributed by atoms with Crippen LogP contribution in [0.15, 0.2) is 18.2 Å². The van der Waals surface area contributed by atoms with E-state index in [0.717, 1.165) is 0 Å². The van der Waals surface area contributed by atoms with E-state index in [1.165, 1.54) is 4.90 Å². The number of amides is 2. The summed E-state index contributed by atoms with van der Waals surface area (Å²) in [5.74, 6) is 0.311. The van der Waals surface area contributed by atoms with Crippen molar-refractivity contribution in [2.24, 2.45) is 0 Å². The second-order valence-electron chi connectivity index (χ2n) is 4.51. The summed E-state index contributed by atoms with van der Waals surface area (Å²) in [5, 5.41) is 11.4. The van der Waals surface area contributed by atoms with E-state index in [4.69, 9.17) is 14.6 Å². The minimum absolute atomic E-state index is 0.0810. The summed E-state index contributed by atoms with van der Waals surface area (Å²) in [7, 11) is 0. The lowest BCUT2D eigenvalue weighted by molar-refractivity contribution is -0.137. The average molecular weight is 294 g/mol. The smallest absolute Gasteiger partial charge is 0.321 e. The van der Waals surface area contributed by atoms with Crippen LogP contribution >= 0.6 is 0 Å². The van der Waals surface area contributed by atoms with E-state index in [1.54, 1.807) is 25.1 Å². The lowest BCUT2D eigenvalue weighted by atomic mass is 10.2. The van der Waals surface area contributed by atoms with Crippen molar-refractivity contribution in [2.75, 3.05) is 31.6 Å². The molecule has 0 atom stereocenters. The fourth-order valence-electron chi connectivity index (χ4n) is 1.96. The number of aliphatic carboxylic acids is 1. The molecule has 0 aliphatic carbocycles. The van der Waals surface area contributed by atoms with Crippen LogP contribution < -0.4 is 14.8 Å². The summed E-state index contributed by atoms with van der Waals surface area (Å²) >= 11 is 0. The molecule has 0 saturated carbocycles. The van der Waals surface area contributed by atoms with Gasteiger partial charge in [-0.25, -0.2) is 4.79 Å². The Morgan fingerprint density at radius 2 is 2.00 bits per heavy atom. The molecule has 7 nitrogen and oxygen atoms in total. The van der Waals surface area contributed by atoms with Crippen LogP contribution in [-0.4, -0.2) is 48.3 Å². The van der Waals surface area contributed by atoms with Gasteiger partial charge in [-0.15, -0.1) is 0 Å². The van der Waals surface area contributed by atoms with Gasteiger partial charge >= 0.3 is 12.0 Å². The number of carboxylic acid groups (broad SMARTS) is 1. The SMILES string of the molecule is CCN(CCC(=O)O)C(=O)Nc1ccc2c(c1)OCCO2. The second kappa shape index (κ2) is 6.83. The average Bonchev–Trinajstić information content (AvgIpc) is 2.47. The summed E-state index contributed by atoms with van der Waals surface area (Å²) in [4.78, 5) is 24.1. The highest BCUT2D eigenvalue weighted by atomic mass is 16.6. The van der Waals surface area contributed by atoms with Crippen molar-refractivity contribution < 1.29 is 24.2 Å². The van der Waals surface area contributed by atoms with Crippen LogP contribution in [0, 0.1) is 0 Å². The largest absolute Gasteiger partial charge is 0.486 e. The van der Waals surface area contributed by atoms with Gasteiger partial charge in [0.1, 0.15) is 13.2 Å². The number of carbonyl (C=O) groups excluding carboxylic acids is 1. The molecule has 1 aromatic carbocycles. The Labute approximate surface area is 122 Å². The quantitative estimate of drug-likeness (QED) is 0.864. The Hall–Kier alpha value is -2.44. The Kier molecular flexibility index (Phi) is 4.86. The molecule has 1 aliphatic rings. The van der Waals surface area contributed by atoms with Crippen molar-refractivity contribution in [3.63, 3.8) is 0 Å². The van der Waals surface area contributed by atoms with Gasteiger partial charge in [-0.3, -0.25) is 4.79 Å². The van der Waals surface area contributed by atoms with Gasteiger partial charge < -0.3 is 24.8 Å². The highest BCUT2D eigenvalue weighted by molar-refractivity contribution is 5.90. The zero-order valence-electron chi connectivity index (χ0n) is 11.8. The summed E-state index contributed by atoms with van der Waals surface area (Å²) in [6.07, 6.45) is -0.0810. The lowest BCUT2D eigenvalue weighted by Crippen LogP contribution is -2.36. The summed E-state index contributed by atoms with van der Waals surface area (Å²) in [6, 6.07) is 4.81. The molecule has 0 fully saturated rings. The van der Waals surface area contributed by atoms with Crippen molar-refractivity contribution in [3.8, 4) is 11.5 Å². The molecule has 1 aromatic rings. The monoisotopic (exact) mass is 294 g/mol. The number of hydrogen-bond donors (Lipinski definition) is 2. The summed E-state index contributed by atoms with van der Waals surface area (Å²) in [5.41, 5.74) is 0.582. The van der Waals surface area contributed by atoms with Crippen molar-refractivity contribution in [3.05, 3.63) is 18.2 Å². The van der Waals surface area contributed by atoms with Gasteiger partial charge in [-0.1, -0.05) is 0 Å². The highest BCUT2D eigenvalue weighted by Gasteiger charge is 2.16. The van der Waals surface area contributed by atoms with Crippen LogP contribution in [0.1, 0.15) is 13.3 Å². The first-order valence-corrected chi connectivity index (χ1v) is 6.77. The molecule has 114 valence electrons. The molecule has 21 heavy (non-hydrogen) atoms. The third kappa shape index (κ3) is 4.01. The number of hydrogen-bond acceptors (Lipinski definition) is 4. The molecule has 1 aliphatic heterocycles. The molecule has 2 amide bonds. The highest BCUT2D eigenvalue weighted by Crippen LogP contribution is 2.32. The van der Waals surface area contributed by atoms with E-state index in [9.17, 15) is 9.59 Å². The molecular weight excluding hydrogens is 276 g/mol. The van der Waals surface area contributed by atoms with Gasteiger partial charge in [-0.05, 0) is 19.1 Å². The maximum absolute atomic E-state index is 12.1. The number of rotatable bonds is 5. The zero-order chi connectivity index (χ0) is 15.2. The molecule has 0 bridgehead atoms. The topological polar surface area (TPSA) is 88.1 Å². The number of ether oxygens (including phenoxy) is 2. The van der Waals surface area contributed by atoms with E-state index in [1.807, 2.05) is 0 Å². The predicted octanol–water partition coefficient (Wildman–Crippen LogP) is 1.79. The number of fused-ring (bicyclic) bond motifs is 1. The lowest BCUT2D eigenvalue weighted by Gasteiger charge is -2.22. The molecule has 7 heteroatoms. The molecule has 0 spiro atoms. The minimum Gasteiger partial charge on any atom is -0.486 e. The van der Waals surface area contributed by atoms with Crippen molar-refractivity contribution in [1.82, 2.24) is 4.90 Å². The van der Waals surface area contributed by atoms with Crippen molar-refractivity contribution in [2.45, 2.75) is 13.3 Å². The number of nitrogens with one attached hydrogen (secondary N) is 1. The van der Waals surface area contributed by atoms with Gasteiger partial charge in [0.25, 0.3) is 0 Å². The number of nitrogens with zero attached hydrogens (tertiary/aromatic N) is 1. The Morgan fingerprint density at radius 1 is 1.29 bits per heavy atom. The first-order valence-electron chi connectivity index (χ1n) is 6.77. The Balaban J connectivity index is 1.99. The van der Waals surface area contributed by atoms with Crippen molar-refractivity contribution in [1.29, 1.82) is 0 Å². The first kappa shape index (κ1) is 15.0. The molecule has 1 heterocycles. The number of carbonyl (C=O) groups is 2. The van der Waals surface area contributed by atoms with Crippen LogP contribution in [0.25, 0.3) is 0 Å². The minimum atomic E-state index is -0.930. The van der Waals surface area contributed by atoms with Gasteiger partial charge in [0.05, 0.1) is 6.42 Å². The normalized spacial score (nSPS) is 12.6. The molecular formula is C14H18N2O5. The molecule has 0 aromatic heterocycles. The van der Waals surface area contributed by atoms with Crippen LogP contribution in [0.2, 0.25) is 0 Å². The third-order valence-corrected chi connectivity index (χ3v) is 3.06. The van der Waals surface area contributed by atoms with Gasteiger partial charge in [0.15, 0.2) is 11.5 Å². The van der Waals surface area contributed by atoms with Gasteiger partial charge in [0, 0.05) is 24.8 Å². The molecule has 0 radical (unpaired) electrons. The molecule has 2 N–H and O–H groups in total. The molecule has 2 rings (SSSR count). The summed E-state index contributed by atoms with van der Waals surface area (Å²) < 4.78 is 10.8. The maximum atomic E-state index is 12.1. The zero-order valence-corrected chi connectivity index (χ0v) is 11.8. The number of carboxylic acids is 1. The third-order valence-electron chi connectivity index (χ3n) is 3.06. The number of benzene rings is 1. The predicted molar refractivity (Wildman–Crippen MR) is 76.0 cm³/mol. The van der Waals surface area contributed by atoms with Crippen LogP contribution in [-0.2, 0) is 4.79 Å².